The minimum Gasteiger partial charge on any atom is -0.378 e. The van der Waals surface area contributed by atoms with Crippen molar-refractivity contribution in [3.63, 3.8) is 0 Å². The molecule has 0 fully saturated rings. The molecule has 0 aromatic heterocycles. The average molecular weight is 271 g/mol. The minimum atomic E-state index is -0.166. The summed E-state index contributed by atoms with van der Waals surface area (Å²) >= 11 is 0. The fourth-order valence-corrected chi connectivity index (χ4v) is 2.40. The SMILES string of the molecule is CC(Nc1ccccc1C(C)(C)C)c1ccccc1F. The topological polar surface area (TPSA) is 12.0 Å². The fourth-order valence-electron chi connectivity index (χ4n) is 2.40. The molecule has 0 saturated carbocycles. The van der Waals surface area contributed by atoms with Crippen molar-refractivity contribution in [1.82, 2.24) is 0 Å². The van der Waals surface area contributed by atoms with E-state index in [0.717, 1.165) is 5.69 Å². The number of rotatable bonds is 3. The van der Waals surface area contributed by atoms with Gasteiger partial charge in [-0.2, -0.15) is 0 Å². The third-order valence-electron chi connectivity index (χ3n) is 3.48. The van der Waals surface area contributed by atoms with Gasteiger partial charge < -0.3 is 5.32 Å². The molecule has 0 aliphatic rings. The van der Waals surface area contributed by atoms with Gasteiger partial charge in [-0.1, -0.05) is 57.2 Å². The summed E-state index contributed by atoms with van der Waals surface area (Å²) in [4.78, 5) is 0. The maximum atomic E-state index is 13.8. The molecule has 106 valence electrons. The molecule has 2 rings (SSSR count). The van der Waals surface area contributed by atoms with Gasteiger partial charge in [0, 0.05) is 11.3 Å². The van der Waals surface area contributed by atoms with Gasteiger partial charge in [0.15, 0.2) is 0 Å². The van der Waals surface area contributed by atoms with Crippen molar-refractivity contribution in [3.05, 3.63) is 65.5 Å². The zero-order chi connectivity index (χ0) is 14.8. The van der Waals surface area contributed by atoms with Gasteiger partial charge in [0.25, 0.3) is 0 Å². The summed E-state index contributed by atoms with van der Waals surface area (Å²) in [5.41, 5.74) is 3.05. The fraction of sp³-hybridized carbons (Fsp3) is 0.333. The van der Waals surface area contributed by atoms with Crippen LogP contribution in [-0.4, -0.2) is 0 Å². The van der Waals surface area contributed by atoms with Gasteiger partial charge in [0.1, 0.15) is 5.82 Å². The third-order valence-corrected chi connectivity index (χ3v) is 3.48. The molecule has 0 aliphatic heterocycles. The van der Waals surface area contributed by atoms with Crippen LogP contribution in [0.25, 0.3) is 0 Å². The number of anilines is 1. The Morgan fingerprint density at radius 1 is 0.950 bits per heavy atom. The Bertz CT molecular complexity index is 584. The lowest BCUT2D eigenvalue weighted by molar-refractivity contribution is 0.587. The van der Waals surface area contributed by atoms with Gasteiger partial charge in [-0.25, -0.2) is 4.39 Å². The van der Waals surface area contributed by atoms with E-state index in [1.807, 2.05) is 31.2 Å². The quantitative estimate of drug-likeness (QED) is 0.799. The first-order chi connectivity index (χ1) is 9.39. The molecule has 0 aliphatic carbocycles. The Hall–Kier alpha value is -1.83. The molecule has 0 saturated heterocycles. The highest BCUT2D eigenvalue weighted by Gasteiger charge is 2.19. The van der Waals surface area contributed by atoms with Crippen molar-refractivity contribution >= 4 is 5.69 Å². The highest BCUT2D eigenvalue weighted by atomic mass is 19.1. The van der Waals surface area contributed by atoms with Crippen LogP contribution in [0.5, 0.6) is 0 Å². The lowest BCUT2D eigenvalue weighted by Gasteiger charge is -2.26. The van der Waals surface area contributed by atoms with Crippen LogP contribution in [0.2, 0.25) is 0 Å². The standard InChI is InChI=1S/C18H22FN/c1-13(14-9-5-7-11-16(14)19)20-17-12-8-6-10-15(17)18(2,3)4/h5-13,20H,1-4H3. The largest absolute Gasteiger partial charge is 0.378 e. The van der Waals surface area contributed by atoms with E-state index in [0.29, 0.717) is 5.56 Å². The van der Waals surface area contributed by atoms with Crippen molar-refractivity contribution in [2.24, 2.45) is 0 Å². The zero-order valence-electron chi connectivity index (χ0n) is 12.6. The van der Waals surface area contributed by atoms with Crippen LogP contribution in [-0.2, 0) is 5.41 Å². The van der Waals surface area contributed by atoms with E-state index in [9.17, 15) is 4.39 Å². The highest BCUT2D eigenvalue weighted by Crippen LogP contribution is 2.31. The molecule has 0 spiro atoms. The molecule has 1 nitrogen and oxygen atoms in total. The van der Waals surface area contributed by atoms with Gasteiger partial charge in [-0.3, -0.25) is 0 Å². The Morgan fingerprint density at radius 3 is 2.20 bits per heavy atom. The lowest BCUT2D eigenvalue weighted by atomic mass is 9.85. The molecule has 20 heavy (non-hydrogen) atoms. The lowest BCUT2D eigenvalue weighted by Crippen LogP contribution is -2.16. The first-order valence-corrected chi connectivity index (χ1v) is 7.00. The number of benzene rings is 2. The van der Waals surface area contributed by atoms with Crippen molar-refractivity contribution in [3.8, 4) is 0 Å². The molecule has 1 unspecified atom stereocenters. The number of hydrogen-bond acceptors (Lipinski definition) is 1. The zero-order valence-corrected chi connectivity index (χ0v) is 12.6. The van der Waals surface area contributed by atoms with Crippen LogP contribution in [0.4, 0.5) is 10.1 Å². The number of halogens is 1. The van der Waals surface area contributed by atoms with E-state index < -0.39 is 0 Å². The van der Waals surface area contributed by atoms with Crippen LogP contribution >= 0.6 is 0 Å². The summed E-state index contributed by atoms with van der Waals surface area (Å²) in [7, 11) is 0. The summed E-state index contributed by atoms with van der Waals surface area (Å²) in [6, 6.07) is 15.1. The molecule has 2 heteroatoms. The average Bonchev–Trinajstić information content (AvgIpc) is 2.38. The van der Waals surface area contributed by atoms with Crippen LogP contribution in [0, 0.1) is 5.82 Å². The molecule has 0 radical (unpaired) electrons. The molecule has 2 aromatic carbocycles. The summed E-state index contributed by atoms with van der Waals surface area (Å²) in [6.07, 6.45) is 0. The second-order valence-electron chi connectivity index (χ2n) is 6.18. The van der Waals surface area contributed by atoms with Crippen LogP contribution in [0.15, 0.2) is 48.5 Å². The van der Waals surface area contributed by atoms with Gasteiger partial charge in [-0.15, -0.1) is 0 Å². The predicted octanol–water partition coefficient (Wildman–Crippen LogP) is 5.30. The first-order valence-electron chi connectivity index (χ1n) is 7.00. The Kier molecular flexibility index (Phi) is 4.12. The third kappa shape index (κ3) is 3.19. The Balaban J connectivity index is 2.29. The second-order valence-corrected chi connectivity index (χ2v) is 6.18. The molecule has 1 atom stereocenters. The van der Waals surface area contributed by atoms with Crippen molar-refractivity contribution in [2.45, 2.75) is 39.2 Å². The summed E-state index contributed by atoms with van der Waals surface area (Å²) in [6.45, 7) is 8.53. The number of nitrogens with one attached hydrogen (secondary N) is 1. The van der Waals surface area contributed by atoms with E-state index in [1.54, 1.807) is 6.07 Å². The maximum Gasteiger partial charge on any atom is 0.128 e. The van der Waals surface area contributed by atoms with Crippen LogP contribution in [0.1, 0.15) is 44.9 Å². The van der Waals surface area contributed by atoms with E-state index >= 15 is 0 Å². The molecule has 0 bridgehead atoms. The first kappa shape index (κ1) is 14.6. The summed E-state index contributed by atoms with van der Waals surface area (Å²) in [5.74, 6) is -0.166. The molecule has 2 aromatic rings. The number of para-hydroxylation sites is 1. The highest BCUT2D eigenvalue weighted by molar-refractivity contribution is 5.55. The summed E-state index contributed by atoms with van der Waals surface area (Å²) in [5, 5.41) is 3.43. The molecular weight excluding hydrogens is 249 g/mol. The van der Waals surface area contributed by atoms with E-state index in [-0.39, 0.29) is 17.3 Å². The van der Waals surface area contributed by atoms with Crippen LogP contribution in [0.3, 0.4) is 0 Å². The molecule has 0 amide bonds. The molecule has 0 heterocycles. The normalized spacial score (nSPS) is 13.1. The van der Waals surface area contributed by atoms with Gasteiger partial charge in [0.05, 0.1) is 6.04 Å². The van der Waals surface area contributed by atoms with Crippen molar-refractivity contribution in [1.29, 1.82) is 0 Å². The van der Waals surface area contributed by atoms with E-state index in [2.05, 4.69) is 38.2 Å². The van der Waals surface area contributed by atoms with Crippen LogP contribution < -0.4 is 5.32 Å². The van der Waals surface area contributed by atoms with E-state index in [4.69, 9.17) is 0 Å². The molecule has 1 N–H and O–H groups in total. The summed E-state index contributed by atoms with van der Waals surface area (Å²) < 4.78 is 13.8. The second kappa shape index (κ2) is 5.66. The predicted molar refractivity (Wildman–Crippen MR) is 83.6 cm³/mol. The Labute approximate surface area is 120 Å². The van der Waals surface area contributed by atoms with Gasteiger partial charge in [0.2, 0.25) is 0 Å². The Morgan fingerprint density at radius 2 is 1.55 bits per heavy atom. The van der Waals surface area contributed by atoms with Gasteiger partial charge in [-0.05, 0) is 30.0 Å². The monoisotopic (exact) mass is 271 g/mol. The van der Waals surface area contributed by atoms with Crippen molar-refractivity contribution < 1.29 is 4.39 Å². The van der Waals surface area contributed by atoms with Gasteiger partial charge >= 0.3 is 0 Å². The minimum absolute atomic E-state index is 0.0541. The van der Waals surface area contributed by atoms with E-state index in [1.165, 1.54) is 11.6 Å². The van der Waals surface area contributed by atoms with Crippen molar-refractivity contribution in [2.75, 3.05) is 5.32 Å². The molecular formula is C18H22FN. The number of hydrogen-bond donors (Lipinski definition) is 1. The maximum absolute atomic E-state index is 13.8. The smallest absolute Gasteiger partial charge is 0.128 e.